The van der Waals surface area contributed by atoms with Crippen molar-refractivity contribution >= 4 is 5.96 Å². The van der Waals surface area contributed by atoms with E-state index in [0.717, 1.165) is 45.4 Å². The number of hydrogen-bond acceptors (Lipinski definition) is 3. The zero-order valence-corrected chi connectivity index (χ0v) is 15.5. The van der Waals surface area contributed by atoms with E-state index >= 15 is 0 Å². The summed E-state index contributed by atoms with van der Waals surface area (Å²) < 4.78 is 5.40. The normalized spacial score (nSPS) is 17.8. The maximum Gasteiger partial charge on any atom is 0.191 e. The largest absolute Gasteiger partial charge is 0.379 e. The van der Waals surface area contributed by atoms with Crippen LogP contribution in [-0.4, -0.2) is 50.3 Å². The van der Waals surface area contributed by atoms with E-state index in [1.165, 1.54) is 11.1 Å². The van der Waals surface area contributed by atoms with Crippen LogP contribution in [0, 0.1) is 5.92 Å². The van der Waals surface area contributed by atoms with Crippen molar-refractivity contribution in [3.8, 4) is 0 Å². The number of ether oxygens (including phenoxy) is 1. The molecule has 0 aromatic heterocycles. The molecule has 24 heavy (non-hydrogen) atoms. The van der Waals surface area contributed by atoms with Gasteiger partial charge >= 0.3 is 0 Å². The third kappa shape index (κ3) is 6.13. The number of benzene rings is 1. The average Bonchev–Trinajstić information content (AvgIpc) is 2.60. The molecule has 0 bridgehead atoms. The lowest BCUT2D eigenvalue weighted by atomic mass is 10.1. The second-order valence-electron chi connectivity index (χ2n) is 6.81. The minimum atomic E-state index is 0.395. The van der Waals surface area contributed by atoms with Crippen LogP contribution in [-0.2, 0) is 17.8 Å². The molecule has 2 rings (SSSR count). The Morgan fingerprint density at radius 1 is 1.12 bits per heavy atom. The van der Waals surface area contributed by atoms with Gasteiger partial charge in [0.1, 0.15) is 0 Å². The summed E-state index contributed by atoms with van der Waals surface area (Å²) in [6.45, 7) is 12.1. The lowest BCUT2D eigenvalue weighted by molar-refractivity contribution is 0.0342. The summed E-state index contributed by atoms with van der Waals surface area (Å²) in [4.78, 5) is 6.74. The van der Waals surface area contributed by atoms with Crippen molar-refractivity contribution in [3.05, 3.63) is 35.4 Å². The van der Waals surface area contributed by atoms with Gasteiger partial charge in [0.05, 0.1) is 13.2 Å². The second-order valence-corrected chi connectivity index (χ2v) is 6.81. The Hall–Kier alpha value is -1.59. The summed E-state index contributed by atoms with van der Waals surface area (Å²) in [5.74, 6) is 1.43. The van der Waals surface area contributed by atoms with Gasteiger partial charge in [0.2, 0.25) is 0 Å². The van der Waals surface area contributed by atoms with Crippen molar-refractivity contribution in [1.29, 1.82) is 0 Å². The van der Waals surface area contributed by atoms with Crippen LogP contribution in [0.15, 0.2) is 29.3 Å². The van der Waals surface area contributed by atoms with Crippen molar-refractivity contribution in [3.63, 3.8) is 0 Å². The highest BCUT2D eigenvalue weighted by atomic mass is 16.5. The first-order chi connectivity index (χ1) is 11.6. The molecule has 0 radical (unpaired) electrons. The Morgan fingerprint density at radius 3 is 2.33 bits per heavy atom. The molecule has 1 unspecified atom stereocenters. The van der Waals surface area contributed by atoms with Crippen molar-refractivity contribution in [2.75, 3.05) is 33.4 Å². The first-order valence-corrected chi connectivity index (χ1v) is 8.93. The smallest absolute Gasteiger partial charge is 0.191 e. The number of hydrogen-bond donors (Lipinski definition) is 2. The highest BCUT2D eigenvalue weighted by molar-refractivity contribution is 5.79. The molecule has 1 atom stereocenters. The van der Waals surface area contributed by atoms with E-state index in [9.17, 15) is 0 Å². The SMILES string of the molecule is CN=C(NCc1ccc(CN2CCOCC2)cc1)NC(C)C(C)C. The summed E-state index contributed by atoms with van der Waals surface area (Å²) in [5.41, 5.74) is 2.62. The minimum absolute atomic E-state index is 0.395. The van der Waals surface area contributed by atoms with E-state index < -0.39 is 0 Å². The first-order valence-electron chi connectivity index (χ1n) is 8.93. The van der Waals surface area contributed by atoms with Crippen LogP contribution in [0.1, 0.15) is 31.9 Å². The van der Waals surface area contributed by atoms with E-state index in [1.54, 1.807) is 0 Å². The van der Waals surface area contributed by atoms with Crippen molar-refractivity contribution in [2.24, 2.45) is 10.9 Å². The van der Waals surface area contributed by atoms with Gasteiger partial charge < -0.3 is 15.4 Å². The summed E-state index contributed by atoms with van der Waals surface area (Å²) >= 11 is 0. The predicted molar refractivity (Wildman–Crippen MR) is 100 cm³/mol. The van der Waals surface area contributed by atoms with Crippen LogP contribution < -0.4 is 10.6 Å². The van der Waals surface area contributed by atoms with Crippen LogP contribution in [0.2, 0.25) is 0 Å². The summed E-state index contributed by atoms with van der Waals surface area (Å²) in [6, 6.07) is 9.23. The Balaban J connectivity index is 1.80. The molecule has 134 valence electrons. The molecule has 0 amide bonds. The fraction of sp³-hybridized carbons (Fsp3) is 0.632. The number of nitrogens with zero attached hydrogens (tertiary/aromatic N) is 2. The number of nitrogens with one attached hydrogen (secondary N) is 2. The third-order valence-corrected chi connectivity index (χ3v) is 4.58. The minimum Gasteiger partial charge on any atom is -0.379 e. The van der Waals surface area contributed by atoms with Gasteiger partial charge in [-0.3, -0.25) is 9.89 Å². The second kappa shape index (κ2) is 9.64. The molecule has 0 aliphatic carbocycles. The van der Waals surface area contributed by atoms with Crippen molar-refractivity contribution in [2.45, 2.75) is 39.9 Å². The van der Waals surface area contributed by atoms with Gasteiger partial charge in [0.15, 0.2) is 5.96 Å². The van der Waals surface area contributed by atoms with Crippen LogP contribution in [0.25, 0.3) is 0 Å². The molecule has 1 aliphatic rings. The monoisotopic (exact) mass is 332 g/mol. The Kier molecular flexibility index (Phi) is 7.53. The van der Waals surface area contributed by atoms with E-state index in [2.05, 4.69) is 65.6 Å². The molecule has 5 nitrogen and oxygen atoms in total. The van der Waals surface area contributed by atoms with Crippen LogP contribution >= 0.6 is 0 Å². The van der Waals surface area contributed by atoms with Gasteiger partial charge in [0, 0.05) is 39.3 Å². The maximum atomic E-state index is 5.40. The molecule has 1 fully saturated rings. The topological polar surface area (TPSA) is 48.9 Å². The first kappa shape index (κ1) is 18.7. The molecule has 2 N–H and O–H groups in total. The molecule has 1 aliphatic heterocycles. The molecule has 5 heteroatoms. The zero-order valence-electron chi connectivity index (χ0n) is 15.5. The van der Waals surface area contributed by atoms with E-state index in [1.807, 2.05) is 7.05 Å². The van der Waals surface area contributed by atoms with Gasteiger partial charge in [-0.05, 0) is 24.0 Å². The molecular weight excluding hydrogens is 300 g/mol. The highest BCUT2D eigenvalue weighted by Crippen LogP contribution is 2.09. The molecular formula is C19H32N4O. The quantitative estimate of drug-likeness (QED) is 0.619. The lowest BCUT2D eigenvalue weighted by Gasteiger charge is -2.26. The van der Waals surface area contributed by atoms with Crippen molar-refractivity contribution < 1.29 is 4.74 Å². The fourth-order valence-corrected chi connectivity index (χ4v) is 2.54. The standard InChI is InChI=1S/C19H32N4O/c1-15(2)16(3)22-19(20-4)21-13-17-5-7-18(8-6-17)14-23-9-11-24-12-10-23/h5-8,15-16H,9-14H2,1-4H3,(H2,20,21,22). The molecule has 1 saturated heterocycles. The average molecular weight is 332 g/mol. The summed E-state index contributed by atoms with van der Waals surface area (Å²) in [5, 5.41) is 6.81. The highest BCUT2D eigenvalue weighted by Gasteiger charge is 2.11. The molecule has 1 heterocycles. The summed E-state index contributed by atoms with van der Waals surface area (Å²) in [7, 11) is 1.81. The predicted octanol–water partition coefficient (Wildman–Crippen LogP) is 2.23. The molecule has 0 saturated carbocycles. The fourth-order valence-electron chi connectivity index (χ4n) is 2.54. The van der Waals surface area contributed by atoms with Gasteiger partial charge in [-0.15, -0.1) is 0 Å². The number of aliphatic imine (C=N–C) groups is 1. The Morgan fingerprint density at radius 2 is 1.75 bits per heavy atom. The maximum absolute atomic E-state index is 5.40. The third-order valence-electron chi connectivity index (χ3n) is 4.58. The number of morpholine rings is 1. The van der Waals surface area contributed by atoms with E-state index in [0.29, 0.717) is 12.0 Å². The van der Waals surface area contributed by atoms with E-state index in [4.69, 9.17) is 4.74 Å². The van der Waals surface area contributed by atoms with Crippen LogP contribution in [0.3, 0.4) is 0 Å². The van der Waals surface area contributed by atoms with Crippen LogP contribution in [0.5, 0.6) is 0 Å². The van der Waals surface area contributed by atoms with Gasteiger partial charge in [0.25, 0.3) is 0 Å². The van der Waals surface area contributed by atoms with Gasteiger partial charge in [-0.25, -0.2) is 0 Å². The van der Waals surface area contributed by atoms with Gasteiger partial charge in [-0.1, -0.05) is 38.1 Å². The zero-order chi connectivity index (χ0) is 17.4. The number of rotatable bonds is 6. The van der Waals surface area contributed by atoms with Crippen LogP contribution in [0.4, 0.5) is 0 Å². The Labute approximate surface area is 146 Å². The van der Waals surface area contributed by atoms with E-state index in [-0.39, 0.29) is 0 Å². The molecule has 1 aromatic carbocycles. The van der Waals surface area contributed by atoms with Crippen molar-refractivity contribution in [1.82, 2.24) is 15.5 Å². The van der Waals surface area contributed by atoms with Gasteiger partial charge in [-0.2, -0.15) is 0 Å². The lowest BCUT2D eigenvalue weighted by Crippen LogP contribution is -2.43. The summed E-state index contributed by atoms with van der Waals surface area (Å²) in [6.07, 6.45) is 0. The molecule has 1 aromatic rings. The number of guanidine groups is 1. The Bertz CT molecular complexity index is 507. The molecule has 0 spiro atoms.